The Balaban J connectivity index is 2.54. The molecule has 0 saturated carbocycles. The van der Waals surface area contributed by atoms with Crippen LogP contribution in [0.3, 0.4) is 0 Å². The van der Waals surface area contributed by atoms with Gasteiger partial charge in [0.05, 0.1) is 25.2 Å². The molecule has 1 aromatic carbocycles. The summed E-state index contributed by atoms with van der Waals surface area (Å²) in [5.41, 5.74) is 7.19. The number of hydrogen-bond donors (Lipinski definition) is 1. The van der Waals surface area contributed by atoms with Crippen molar-refractivity contribution in [2.75, 3.05) is 12.8 Å². The van der Waals surface area contributed by atoms with Crippen molar-refractivity contribution in [3.63, 3.8) is 0 Å². The Labute approximate surface area is 81.1 Å². The minimum atomic E-state index is 0.556. The number of rotatable bonds is 2. The van der Waals surface area contributed by atoms with E-state index in [0.717, 1.165) is 5.69 Å². The minimum absolute atomic E-state index is 0.556. The van der Waals surface area contributed by atoms with Gasteiger partial charge < -0.3 is 10.5 Å². The molecule has 0 saturated heterocycles. The largest absolute Gasteiger partial charge is 0.495 e. The summed E-state index contributed by atoms with van der Waals surface area (Å²) in [4.78, 5) is 0. The van der Waals surface area contributed by atoms with Gasteiger partial charge in [-0.05, 0) is 12.1 Å². The van der Waals surface area contributed by atoms with Crippen LogP contribution in [0.5, 0.6) is 5.75 Å². The third-order valence-corrected chi connectivity index (χ3v) is 1.93. The fraction of sp³-hybridized carbons (Fsp3) is 0.111. The van der Waals surface area contributed by atoms with Gasteiger partial charge in [0.25, 0.3) is 0 Å². The molecule has 5 nitrogen and oxygen atoms in total. The van der Waals surface area contributed by atoms with Crippen LogP contribution in [0.15, 0.2) is 30.6 Å². The topological polar surface area (TPSA) is 66.0 Å². The van der Waals surface area contributed by atoms with Gasteiger partial charge in [0.2, 0.25) is 0 Å². The van der Waals surface area contributed by atoms with Crippen LogP contribution in [0, 0.1) is 0 Å². The molecule has 0 radical (unpaired) electrons. The first-order valence-corrected chi connectivity index (χ1v) is 4.12. The van der Waals surface area contributed by atoms with Crippen LogP contribution in [0.1, 0.15) is 0 Å². The molecule has 2 rings (SSSR count). The second-order valence-electron chi connectivity index (χ2n) is 2.74. The standard InChI is InChI=1S/C9H10N4O/c1-14-8-4-2-3-7(9(8)10)13-6-5-11-12-13/h2-6H,10H2,1H3. The molecule has 0 spiro atoms. The normalized spacial score (nSPS) is 10.1. The average Bonchev–Trinajstić information content (AvgIpc) is 2.71. The highest BCUT2D eigenvalue weighted by Gasteiger charge is 2.06. The number of ether oxygens (including phenoxy) is 1. The van der Waals surface area contributed by atoms with Crippen molar-refractivity contribution in [1.29, 1.82) is 0 Å². The zero-order chi connectivity index (χ0) is 9.97. The van der Waals surface area contributed by atoms with E-state index in [1.54, 1.807) is 30.3 Å². The van der Waals surface area contributed by atoms with E-state index < -0.39 is 0 Å². The van der Waals surface area contributed by atoms with Crippen molar-refractivity contribution in [2.24, 2.45) is 0 Å². The number of nitrogens with two attached hydrogens (primary N) is 1. The summed E-state index contributed by atoms with van der Waals surface area (Å²) in [6.07, 6.45) is 3.32. The summed E-state index contributed by atoms with van der Waals surface area (Å²) in [5, 5.41) is 7.57. The number of nitrogens with zero attached hydrogens (tertiary/aromatic N) is 3. The van der Waals surface area contributed by atoms with Crippen LogP contribution < -0.4 is 10.5 Å². The van der Waals surface area contributed by atoms with Gasteiger partial charge in [0.15, 0.2) is 0 Å². The molecule has 0 aliphatic carbocycles. The average molecular weight is 190 g/mol. The van der Waals surface area contributed by atoms with E-state index in [-0.39, 0.29) is 0 Å². The second-order valence-corrected chi connectivity index (χ2v) is 2.74. The van der Waals surface area contributed by atoms with Crippen molar-refractivity contribution in [1.82, 2.24) is 15.0 Å². The molecule has 0 unspecified atom stereocenters. The monoisotopic (exact) mass is 190 g/mol. The molecule has 0 amide bonds. The summed E-state index contributed by atoms with van der Waals surface area (Å²) in [5.74, 6) is 0.637. The van der Waals surface area contributed by atoms with Crippen LogP contribution in [0.25, 0.3) is 5.69 Å². The molecular weight excluding hydrogens is 180 g/mol. The molecular formula is C9H10N4O. The van der Waals surface area contributed by atoms with E-state index in [0.29, 0.717) is 11.4 Å². The molecule has 0 atom stereocenters. The Hall–Kier alpha value is -2.04. The number of benzene rings is 1. The van der Waals surface area contributed by atoms with Crippen LogP contribution in [0.4, 0.5) is 5.69 Å². The first-order valence-electron chi connectivity index (χ1n) is 4.12. The van der Waals surface area contributed by atoms with Gasteiger partial charge in [-0.15, -0.1) is 5.10 Å². The number of aromatic nitrogens is 3. The van der Waals surface area contributed by atoms with Gasteiger partial charge in [-0.2, -0.15) is 0 Å². The highest BCUT2D eigenvalue weighted by atomic mass is 16.5. The van der Waals surface area contributed by atoms with E-state index in [4.69, 9.17) is 10.5 Å². The molecule has 2 aromatic rings. The molecule has 1 aromatic heterocycles. The summed E-state index contributed by atoms with van der Waals surface area (Å²) in [7, 11) is 1.58. The van der Waals surface area contributed by atoms with Gasteiger partial charge in [-0.1, -0.05) is 11.3 Å². The van der Waals surface area contributed by atoms with Crippen molar-refractivity contribution < 1.29 is 4.74 Å². The summed E-state index contributed by atoms with van der Waals surface area (Å²) in [6.45, 7) is 0. The SMILES string of the molecule is COc1cccc(-n2ccnn2)c1N. The zero-order valence-corrected chi connectivity index (χ0v) is 7.71. The Morgan fingerprint density at radius 2 is 2.29 bits per heavy atom. The van der Waals surface area contributed by atoms with Gasteiger partial charge in [-0.3, -0.25) is 0 Å². The Kier molecular flexibility index (Phi) is 2.06. The zero-order valence-electron chi connectivity index (χ0n) is 7.71. The van der Waals surface area contributed by atoms with Gasteiger partial charge in [-0.25, -0.2) is 4.68 Å². The number of hydrogen-bond acceptors (Lipinski definition) is 4. The summed E-state index contributed by atoms with van der Waals surface area (Å²) < 4.78 is 6.69. The van der Waals surface area contributed by atoms with Crippen molar-refractivity contribution >= 4 is 5.69 Å². The predicted molar refractivity (Wildman–Crippen MR) is 52.3 cm³/mol. The van der Waals surface area contributed by atoms with Gasteiger partial charge >= 0.3 is 0 Å². The third kappa shape index (κ3) is 1.28. The minimum Gasteiger partial charge on any atom is -0.495 e. The van der Waals surface area contributed by atoms with Crippen LogP contribution >= 0.6 is 0 Å². The highest BCUT2D eigenvalue weighted by Crippen LogP contribution is 2.26. The van der Waals surface area contributed by atoms with E-state index in [9.17, 15) is 0 Å². The van der Waals surface area contributed by atoms with E-state index >= 15 is 0 Å². The van der Waals surface area contributed by atoms with Crippen molar-refractivity contribution in [3.8, 4) is 11.4 Å². The lowest BCUT2D eigenvalue weighted by Gasteiger charge is -2.08. The van der Waals surface area contributed by atoms with Gasteiger partial charge in [0, 0.05) is 0 Å². The van der Waals surface area contributed by atoms with E-state index in [1.807, 2.05) is 12.1 Å². The van der Waals surface area contributed by atoms with Crippen molar-refractivity contribution in [2.45, 2.75) is 0 Å². The maximum atomic E-state index is 5.87. The van der Waals surface area contributed by atoms with Crippen LogP contribution in [-0.4, -0.2) is 22.1 Å². The molecule has 0 aliphatic rings. The lowest BCUT2D eigenvalue weighted by atomic mass is 10.2. The maximum absolute atomic E-state index is 5.87. The fourth-order valence-electron chi connectivity index (χ4n) is 1.25. The van der Waals surface area contributed by atoms with E-state index in [1.165, 1.54) is 0 Å². The smallest absolute Gasteiger partial charge is 0.143 e. The summed E-state index contributed by atoms with van der Waals surface area (Å²) >= 11 is 0. The van der Waals surface area contributed by atoms with Crippen LogP contribution in [-0.2, 0) is 0 Å². The molecule has 2 N–H and O–H groups in total. The molecule has 0 aliphatic heterocycles. The highest BCUT2D eigenvalue weighted by molar-refractivity contribution is 5.65. The number of anilines is 1. The fourth-order valence-corrected chi connectivity index (χ4v) is 1.25. The number of para-hydroxylation sites is 1. The first-order chi connectivity index (χ1) is 6.83. The first kappa shape index (κ1) is 8.55. The molecule has 5 heteroatoms. The Morgan fingerprint density at radius 1 is 1.43 bits per heavy atom. The molecule has 14 heavy (non-hydrogen) atoms. The predicted octanol–water partition coefficient (Wildman–Crippen LogP) is 0.858. The number of nitrogen functional groups attached to an aromatic ring is 1. The Morgan fingerprint density at radius 3 is 2.93 bits per heavy atom. The third-order valence-electron chi connectivity index (χ3n) is 1.93. The lowest BCUT2D eigenvalue weighted by Crippen LogP contribution is -2.02. The molecule has 72 valence electrons. The maximum Gasteiger partial charge on any atom is 0.143 e. The second kappa shape index (κ2) is 3.37. The quantitative estimate of drug-likeness (QED) is 0.713. The van der Waals surface area contributed by atoms with Crippen molar-refractivity contribution in [3.05, 3.63) is 30.6 Å². The molecule has 0 fully saturated rings. The number of methoxy groups -OCH3 is 1. The molecule has 1 heterocycles. The lowest BCUT2D eigenvalue weighted by molar-refractivity contribution is 0.416. The van der Waals surface area contributed by atoms with Crippen LogP contribution in [0.2, 0.25) is 0 Å². The van der Waals surface area contributed by atoms with Gasteiger partial charge in [0.1, 0.15) is 11.4 Å². The Bertz CT molecular complexity index is 424. The summed E-state index contributed by atoms with van der Waals surface area (Å²) in [6, 6.07) is 5.51. The van der Waals surface area contributed by atoms with E-state index in [2.05, 4.69) is 10.3 Å². The molecule has 0 bridgehead atoms.